The van der Waals surface area contributed by atoms with Crippen LogP contribution in [0.1, 0.15) is 30.5 Å². The maximum absolute atomic E-state index is 5.94. The molecule has 150 valence electrons. The topological polar surface area (TPSA) is 96.1 Å². The standard InChI is InChI=1S/C22H19N5O3/c1-14-12-19(25-20(24-14)16-4-2-10-23-13-16)29-17-8-6-15(7-9-17)21-26-22(30-27-21)18-5-3-11-28-18/h2,4,6-10,12-13,18H,3,5,11H2,1H3. The summed E-state index contributed by atoms with van der Waals surface area (Å²) < 4.78 is 16.9. The molecule has 8 heteroatoms. The number of pyridine rings is 1. The highest BCUT2D eigenvalue weighted by atomic mass is 16.5. The molecule has 0 saturated carbocycles. The second-order valence-electron chi connectivity index (χ2n) is 7.00. The van der Waals surface area contributed by atoms with Crippen molar-refractivity contribution in [3.63, 3.8) is 0 Å². The van der Waals surface area contributed by atoms with Crippen molar-refractivity contribution >= 4 is 0 Å². The predicted molar refractivity (Wildman–Crippen MR) is 108 cm³/mol. The fourth-order valence-electron chi connectivity index (χ4n) is 3.26. The first-order valence-corrected chi connectivity index (χ1v) is 9.74. The number of nitrogens with zero attached hydrogens (tertiary/aromatic N) is 5. The molecule has 1 unspecified atom stereocenters. The van der Waals surface area contributed by atoms with Gasteiger partial charge in [0.2, 0.25) is 11.7 Å². The van der Waals surface area contributed by atoms with Gasteiger partial charge in [0.05, 0.1) is 0 Å². The van der Waals surface area contributed by atoms with Crippen LogP contribution < -0.4 is 4.74 Å². The molecule has 0 amide bonds. The van der Waals surface area contributed by atoms with Gasteiger partial charge in [-0.25, -0.2) is 4.98 Å². The summed E-state index contributed by atoms with van der Waals surface area (Å²) >= 11 is 0. The molecule has 3 aromatic heterocycles. The quantitative estimate of drug-likeness (QED) is 0.481. The lowest BCUT2D eigenvalue weighted by Crippen LogP contribution is -1.96. The van der Waals surface area contributed by atoms with E-state index in [4.69, 9.17) is 14.0 Å². The number of ether oxygens (including phenoxy) is 2. The summed E-state index contributed by atoms with van der Waals surface area (Å²) in [6, 6.07) is 13.0. The molecule has 30 heavy (non-hydrogen) atoms. The molecule has 0 radical (unpaired) electrons. The third-order valence-electron chi connectivity index (χ3n) is 4.73. The number of aryl methyl sites for hydroxylation is 1. The van der Waals surface area contributed by atoms with Crippen molar-refractivity contribution in [2.75, 3.05) is 6.61 Å². The Bertz CT molecular complexity index is 1140. The summed E-state index contributed by atoms with van der Waals surface area (Å²) in [6.45, 7) is 2.64. The van der Waals surface area contributed by atoms with Gasteiger partial charge < -0.3 is 14.0 Å². The average molecular weight is 401 g/mol. The highest BCUT2D eigenvalue weighted by Gasteiger charge is 2.24. The van der Waals surface area contributed by atoms with Crippen LogP contribution in [-0.4, -0.2) is 31.7 Å². The molecule has 4 aromatic rings. The fourth-order valence-corrected chi connectivity index (χ4v) is 3.26. The van der Waals surface area contributed by atoms with Crippen LogP contribution in [0.4, 0.5) is 0 Å². The van der Waals surface area contributed by atoms with Crippen LogP contribution in [0.25, 0.3) is 22.8 Å². The van der Waals surface area contributed by atoms with Crippen LogP contribution >= 0.6 is 0 Å². The van der Waals surface area contributed by atoms with Crippen molar-refractivity contribution in [1.82, 2.24) is 25.1 Å². The highest BCUT2D eigenvalue weighted by Crippen LogP contribution is 2.30. The van der Waals surface area contributed by atoms with E-state index in [2.05, 4.69) is 25.1 Å². The molecule has 0 N–H and O–H groups in total. The van der Waals surface area contributed by atoms with E-state index < -0.39 is 0 Å². The second kappa shape index (κ2) is 8.00. The zero-order valence-electron chi connectivity index (χ0n) is 16.4. The van der Waals surface area contributed by atoms with E-state index >= 15 is 0 Å². The maximum atomic E-state index is 5.94. The minimum Gasteiger partial charge on any atom is -0.439 e. The van der Waals surface area contributed by atoms with Gasteiger partial charge in [-0.15, -0.1) is 0 Å². The molecule has 1 aromatic carbocycles. The van der Waals surface area contributed by atoms with Gasteiger partial charge in [-0.2, -0.15) is 9.97 Å². The lowest BCUT2D eigenvalue weighted by Gasteiger charge is -2.08. The van der Waals surface area contributed by atoms with Gasteiger partial charge in [0.25, 0.3) is 5.89 Å². The molecule has 0 spiro atoms. The number of hydrogen-bond donors (Lipinski definition) is 0. The minimum atomic E-state index is -0.0936. The van der Waals surface area contributed by atoms with Gasteiger partial charge >= 0.3 is 0 Å². The van der Waals surface area contributed by atoms with E-state index in [1.807, 2.05) is 43.3 Å². The molecular weight excluding hydrogens is 382 g/mol. The van der Waals surface area contributed by atoms with Gasteiger partial charge in [-0.1, -0.05) is 5.16 Å². The van der Waals surface area contributed by atoms with Crippen molar-refractivity contribution in [1.29, 1.82) is 0 Å². The zero-order valence-corrected chi connectivity index (χ0v) is 16.4. The van der Waals surface area contributed by atoms with E-state index in [0.29, 0.717) is 29.2 Å². The Morgan fingerprint density at radius 3 is 2.67 bits per heavy atom. The number of benzene rings is 1. The predicted octanol–water partition coefficient (Wildman–Crippen LogP) is 4.54. The Labute approximate surface area is 172 Å². The van der Waals surface area contributed by atoms with E-state index in [0.717, 1.165) is 36.3 Å². The van der Waals surface area contributed by atoms with Crippen LogP contribution in [0.5, 0.6) is 11.6 Å². The SMILES string of the molecule is Cc1cc(Oc2ccc(-c3noc(C4CCCO4)n3)cc2)nc(-c2cccnc2)n1. The van der Waals surface area contributed by atoms with Gasteiger partial charge in [-0.3, -0.25) is 4.98 Å². The Balaban J connectivity index is 1.33. The molecule has 4 heterocycles. The van der Waals surface area contributed by atoms with Crippen molar-refractivity contribution in [3.05, 3.63) is 66.4 Å². The monoisotopic (exact) mass is 401 g/mol. The van der Waals surface area contributed by atoms with Crippen molar-refractivity contribution in [2.24, 2.45) is 0 Å². The molecule has 0 aliphatic carbocycles. The molecule has 1 aliphatic heterocycles. The van der Waals surface area contributed by atoms with Crippen molar-refractivity contribution < 1.29 is 14.0 Å². The maximum Gasteiger partial charge on any atom is 0.256 e. The van der Waals surface area contributed by atoms with Crippen molar-refractivity contribution in [2.45, 2.75) is 25.9 Å². The Morgan fingerprint density at radius 2 is 1.90 bits per heavy atom. The summed E-state index contributed by atoms with van der Waals surface area (Å²) in [5, 5.41) is 4.07. The first-order valence-electron chi connectivity index (χ1n) is 9.74. The van der Waals surface area contributed by atoms with Gasteiger partial charge in [-0.05, 0) is 56.2 Å². The molecule has 1 fully saturated rings. The largest absolute Gasteiger partial charge is 0.439 e. The van der Waals surface area contributed by atoms with Gasteiger partial charge in [0, 0.05) is 41.9 Å². The molecule has 5 rings (SSSR count). The van der Waals surface area contributed by atoms with Gasteiger partial charge in [0.15, 0.2) is 5.82 Å². The van der Waals surface area contributed by atoms with E-state index in [1.165, 1.54) is 0 Å². The second-order valence-corrected chi connectivity index (χ2v) is 7.00. The van der Waals surface area contributed by atoms with Crippen LogP contribution in [-0.2, 0) is 4.74 Å². The highest BCUT2D eigenvalue weighted by molar-refractivity contribution is 5.56. The smallest absolute Gasteiger partial charge is 0.256 e. The Hall–Kier alpha value is -3.65. The van der Waals surface area contributed by atoms with E-state index in [9.17, 15) is 0 Å². The molecule has 8 nitrogen and oxygen atoms in total. The van der Waals surface area contributed by atoms with Crippen LogP contribution in [0.2, 0.25) is 0 Å². The first kappa shape index (κ1) is 18.4. The Morgan fingerprint density at radius 1 is 1.00 bits per heavy atom. The summed E-state index contributed by atoms with van der Waals surface area (Å²) in [5.41, 5.74) is 2.48. The number of aromatic nitrogens is 5. The minimum absolute atomic E-state index is 0.0936. The van der Waals surface area contributed by atoms with E-state index in [-0.39, 0.29) is 6.10 Å². The van der Waals surface area contributed by atoms with Crippen LogP contribution in [0, 0.1) is 6.92 Å². The summed E-state index contributed by atoms with van der Waals surface area (Å²) in [4.78, 5) is 17.6. The lowest BCUT2D eigenvalue weighted by atomic mass is 10.2. The molecule has 1 saturated heterocycles. The summed E-state index contributed by atoms with van der Waals surface area (Å²) in [5.74, 6) is 2.75. The third-order valence-corrected chi connectivity index (χ3v) is 4.73. The summed E-state index contributed by atoms with van der Waals surface area (Å²) in [7, 11) is 0. The normalized spacial score (nSPS) is 16.0. The first-order chi connectivity index (χ1) is 14.7. The average Bonchev–Trinajstić information content (AvgIpc) is 3.47. The van der Waals surface area contributed by atoms with Crippen LogP contribution in [0.15, 0.2) is 59.4 Å². The number of hydrogen-bond acceptors (Lipinski definition) is 8. The third kappa shape index (κ3) is 3.90. The van der Waals surface area contributed by atoms with Gasteiger partial charge in [0.1, 0.15) is 11.9 Å². The summed E-state index contributed by atoms with van der Waals surface area (Å²) in [6.07, 6.45) is 5.27. The van der Waals surface area contributed by atoms with Crippen molar-refractivity contribution in [3.8, 4) is 34.4 Å². The fraction of sp³-hybridized carbons (Fsp3) is 0.227. The lowest BCUT2D eigenvalue weighted by molar-refractivity contribution is 0.0835. The molecule has 0 bridgehead atoms. The molecule has 1 atom stereocenters. The zero-order chi connectivity index (χ0) is 20.3. The Kier molecular flexibility index (Phi) is 4.90. The number of rotatable bonds is 5. The van der Waals surface area contributed by atoms with E-state index in [1.54, 1.807) is 18.5 Å². The molecular formula is C22H19N5O3. The van der Waals surface area contributed by atoms with Crippen LogP contribution in [0.3, 0.4) is 0 Å². The molecule has 1 aliphatic rings.